The second-order valence-electron chi connectivity index (χ2n) is 7.13. The molecule has 6 nitrogen and oxygen atoms in total. The minimum absolute atomic E-state index is 0.0267. The van der Waals surface area contributed by atoms with Gasteiger partial charge in [0.15, 0.2) is 0 Å². The smallest absolute Gasteiger partial charge is 0.318 e. The van der Waals surface area contributed by atoms with Crippen LogP contribution in [0.4, 0.5) is 10.5 Å². The van der Waals surface area contributed by atoms with Crippen LogP contribution in [0.3, 0.4) is 0 Å². The number of nitrogens with one attached hydrogen (secondary N) is 1. The second-order valence-corrected chi connectivity index (χ2v) is 7.13. The first-order chi connectivity index (χ1) is 12.1. The summed E-state index contributed by atoms with van der Waals surface area (Å²) in [6.07, 6.45) is 1.77. The maximum absolute atomic E-state index is 12.5. The number of amides is 3. The molecule has 1 aromatic carbocycles. The fourth-order valence-electron chi connectivity index (χ4n) is 3.61. The van der Waals surface area contributed by atoms with E-state index in [-0.39, 0.29) is 24.5 Å². The number of para-hydroxylation sites is 1. The largest absolute Gasteiger partial charge is 0.377 e. The first kappa shape index (κ1) is 17.7. The van der Waals surface area contributed by atoms with Crippen LogP contribution < -0.4 is 10.2 Å². The van der Waals surface area contributed by atoms with E-state index in [0.717, 1.165) is 18.5 Å². The van der Waals surface area contributed by atoms with E-state index < -0.39 is 0 Å². The Kier molecular flexibility index (Phi) is 5.58. The molecule has 0 aromatic heterocycles. The number of morpholine rings is 1. The minimum atomic E-state index is -0.171. The lowest BCUT2D eigenvalue weighted by Gasteiger charge is -2.36. The molecule has 6 heteroatoms. The van der Waals surface area contributed by atoms with E-state index in [0.29, 0.717) is 32.2 Å². The van der Waals surface area contributed by atoms with Gasteiger partial charge in [0, 0.05) is 18.8 Å². The van der Waals surface area contributed by atoms with E-state index in [1.807, 2.05) is 29.2 Å². The number of carbonyl (C=O) groups is 2. The van der Waals surface area contributed by atoms with Crippen LogP contribution in [-0.4, -0.2) is 55.7 Å². The number of hydrogen-bond acceptors (Lipinski definition) is 3. The average Bonchev–Trinajstić information content (AvgIpc) is 3.03. The van der Waals surface area contributed by atoms with Gasteiger partial charge in [-0.2, -0.15) is 0 Å². The Bertz CT molecular complexity index is 632. The maximum atomic E-state index is 12.5. The molecule has 1 unspecified atom stereocenters. The second kappa shape index (κ2) is 7.87. The molecule has 2 aliphatic rings. The number of ether oxygens (including phenoxy) is 1. The van der Waals surface area contributed by atoms with Crippen molar-refractivity contribution in [2.24, 2.45) is 5.92 Å². The predicted molar refractivity (Wildman–Crippen MR) is 96.7 cm³/mol. The molecule has 1 atom stereocenters. The lowest BCUT2D eigenvalue weighted by Crippen LogP contribution is -2.54. The Hall–Kier alpha value is -2.08. The average molecular weight is 345 g/mol. The van der Waals surface area contributed by atoms with E-state index in [9.17, 15) is 9.59 Å². The summed E-state index contributed by atoms with van der Waals surface area (Å²) < 4.78 is 5.51. The number of fused-ring (bicyclic) bond motifs is 1. The highest BCUT2D eigenvalue weighted by atomic mass is 16.5. The molecule has 3 rings (SSSR count). The van der Waals surface area contributed by atoms with Crippen molar-refractivity contribution < 1.29 is 14.3 Å². The Balaban J connectivity index is 1.56. The summed E-state index contributed by atoms with van der Waals surface area (Å²) in [5, 5.41) is 2.80. The van der Waals surface area contributed by atoms with Crippen molar-refractivity contribution in [3.63, 3.8) is 0 Å². The molecule has 0 saturated carbocycles. The lowest BCUT2D eigenvalue weighted by atomic mass is 10.0. The molecule has 2 heterocycles. The number of rotatable bonds is 4. The zero-order valence-electron chi connectivity index (χ0n) is 15.0. The Labute approximate surface area is 149 Å². The molecular weight excluding hydrogens is 318 g/mol. The molecule has 3 amide bonds. The number of nitrogens with zero attached hydrogens (tertiary/aromatic N) is 2. The molecule has 0 aliphatic carbocycles. The maximum Gasteiger partial charge on any atom is 0.318 e. The Morgan fingerprint density at radius 1 is 1.28 bits per heavy atom. The Morgan fingerprint density at radius 3 is 2.88 bits per heavy atom. The molecule has 1 N–H and O–H groups in total. The molecule has 1 fully saturated rings. The number of benzene rings is 1. The van der Waals surface area contributed by atoms with Crippen LogP contribution >= 0.6 is 0 Å². The van der Waals surface area contributed by atoms with Gasteiger partial charge in [-0.05, 0) is 30.4 Å². The summed E-state index contributed by atoms with van der Waals surface area (Å²) >= 11 is 0. The third-order valence-electron chi connectivity index (χ3n) is 4.81. The molecule has 25 heavy (non-hydrogen) atoms. The van der Waals surface area contributed by atoms with Crippen molar-refractivity contribution >= 4 is 17.6 Å². The highest BCUT2D eigenvalue weighted by molar-refractivity contribution is 5.98. The van der Waals surface area contributed by atoms with Crippen LogP contribution in [0.2, 0.25) is 0 Å². The van der Waals surface area contributed by atoms with Crippen LogP contribution in [0.25, 0.3) is 0 Å². The fourth-order valence-corrected chi connectivity index (χ4v) is 3.61. The van der Waals surface area contributed by atoms with Crippen molar-refractivity contribution in [1.29, 1.82) is 0 Å². The number of carbonyl (C=O) groups excluding carboxylic acids is 2. The van der Waals surface area contributed by atoms with Gasteiger partial charge < -0.3 is 19.9 Å². The highest BCUT2D eigenvalue weighted by Gasteiger charge is 2.29. The summed E-state index contributed by atoms with van der Waals surface area (Å²) in [7, 11) is 0. The van der Waals surface area contributed by atoms with E-state index in [1.54, 1.807) is 4.90 Å². The molecule has 1 saturated heterocycles. The van der Waals surface area contributed by atoms with Gasteiger partial charge in [-0.25, -0.2) is 4.79 Å². The fraction of sp³-hybridized carbons (Fsp3) is 0.579. The van der Waals surface area contributed by atoms with Crippen molar-refractivity contribution in [3.05, 3.63) is 29.8 Å². The quantitative estimate of drug-likeness (QED) is 0.908. The topological polar surface area (TPSA) is 61.9 Å². The monoisotopic (exact) mass is 345 g/mol. The van der Waals surface area contributed by atoms with Crippen LogP contribution in [0, 0.1) is 5.92 Å². The van der Waals surface area contributed by atoms with Crippen LogP contribution in [-0.2, 0) is 16.0 Å². The van der Waals surface area contributed by atoms with Crippen LogP contribution in [0.1, 0.15) is 25.8 Å². The number of hydrogen-bond donors (Lipinski definition) is 1. The third kappa shape index (κ3) is 4.12. The van der Waals surface area contributed by atoms with Crippen molar-refractivity contribution in [3.8, 4) is 0 Å². The highest BCUT2D eigenvalue weighted by Crippen LogP contribution is 2.27. The van der Waals surface area contributed by atoms with Gasteiger partial charge in [0.05, 0.1) is 25.8 Å². The van der Waals surface area contributed by atoms with Crippen molar-refractivity contribution in [2.45, 2.75) is 32.7 Å². The number of urea groups is 1. The van der Waals surface area contributed by atoms with E-state index in [2.05, 4.69) is 19.2 Å². The van der Waals surface area contributed by atoms with Gasteiger partial charge in [-0.3, -0.25) is 4.79 Å². The van der Waals surface area contributed by atoms with Gasteiger partial charge in [-0.1, -0.05) is 32.0 Å². The summed E-state index contributed by atoms with van der Waals surface area (Å²) in [5.74, 6) is 0.428. The molecule has 1 aromatic rings. The third-order valence-corrected chi connectivity index (χ3v) is 4.81. The van der Waals surface area contributed by atoms with Gasteiger partial charge in [-0.15, -0.1) is 0 Å². The summed E-state index contributed by atoms with van der Waals surface area (Å²) in [4.78, 5) is 28.6. The van der Waals surface area contributed by atoms with Gasteiger partial charge >= 0.3 is 6.03 Å². The molecule has 0 spiro atoms. The summed E-state index contributed by atoms with van der Waals surface area (Å²) in [6, 6.07) is 7.84. The summed E-state index contributed by atoms with van der Waals surface area (Å²) in [6.45, 7) is 6.68. The molecular formula is C19H27N3O3. The van der Waals surface area contributed by atoms with Crippen molar-refractivity contribution in [2.75, 3.05) is 37.7 Å². The zero-order valence-corrected chi connectivity index (χ0v) is 15.0. The first-order valence-electron chi connectivity index (χ1n) is 9.06. The molecule has 0 radical (unpaired) electrons. The normalized spacial score (nSPS) is 19.9. The van der Waals surface area contributed by atoms with E-state index in [4.69, 9.17) is 4.74 Å². The van der Waals surface area contributed by atoms with Crippen LogP contribution in [0.5, 0.6) is 0 Å². The van der Waals surface area contributed by atoms with E-state index >= 15 is 0 Å². The Morgan fingerprint density at radius 2 is 2.08 bits per heavy atom. The zero-order chi connectivity index (χ0) is 17.8. The van der Waals surface area contributed by atoms with Gasteiger partial charge in [0.2, 0.25) is 5.91 Å². The van der Waals surface area contributed by atoms with Gasteiger partial charge in [0.1, 0.15) is 0 Å². The predicted octanol–water partition coefficient (Wildman–Crippen LogP) is 2.03. The standard InChI is InChI=1S/C19H27N3O3/c1-14(2)11-16-13-25-10-9-21(16)19(24)20-12-18(23)22-8-7-15-5-3-4-6-17(15)22/h3-6,14,16H,7-13H2,1-2H3,(H,20,24). The molecule has 2 aliphatic heterocycles. The van der Waals surface area contributed by atoms with Crippen LogP contribution in [0.15, 0.2) is 24.3 Å². The summed E-state index contributed by atoms with van der Waals surface area (Å²) in [5.41, 5.74) is 2.15. The first-order valence-corrected chi connectivity index (χ1v) is 9.06. The molecule has 0 bridgehead atoms. The SMILES string of the molecule is CC(C)CC1COCCN1C(=O)NCC(=O)N1CCc2ccccc21. The minimum Gasteiger partial charge on any atom is -0.377 e. The van der Waals surface area contributed by atoms with Crippen molar-refractivity contribution in [1.82, 2.24) is 10.2 Å². The lowest BCUT2D eigenvalue weighted by molar-refractivity contribution is -0.117. The number of anilines is 1. The van der Waals surface area contributed by atoms with Gasteiger partial charge in [0.25, 0.3) is 0 Å². The molecule has 136 valence electrons. The van der Waals surface area contributed by atoms with E-state index in [1.165, 1.54) is 5.56 Å².